The third-order valence-corrected chi connectivity index (χ3v) is 3.76. The van der Waals surface area contributed by atoms with Crippen LogP contribution in [0.25, 0.3) is 0 Å². The summed E-state index contributed by atoms with van der Waals surface area (Å²) in [6.07, 6.45) is 5.51. The van der Waals surface area contributed by atoms with Gasteiger partial charge in [-0.05, 0) is 19.3 Å². The molecule has 1 aromatic heterocycles. The topological polar surface area (TPSA) is 78.9 Å². The summed E-state index contributed by atoms with van der Waals surface area (Å²) < 4.78 is 0. The first-order chi connectivity index (χ1) is 9.72. The van der Waals surface area contributed by atoms with Crippen molar-refractivity contribution in [3.8, 4) is 0 Å². The van der Waals surface area contributed by atoms with Gasteiger partial charge in [0.1, 0.15) is 12.0 Å². The van der Waals surface area contributed by atoms with Crippen LogP contribution in [0.3, 0.4) is 0 Å². The molecule has 1 saturated carbocycles. The summed E-state index contributed by atoms with van der Waals surface area (Å²) in [5.74, 6) is 1.12. The zero-order valence-electron chi connectivity index (χ0n) is 11.6. The molecule has 6 nitrogen and oxygen atoms in total. The fraction of sp³-hybridized carbons (Fsp3) is 0.615. The molecule has 1 aliphatic carbocycles. The van der Waals surface area contributed by atoms with E-state index in [-0.39, 0.29) is 11.8 Å². The summed E-state index contributed by atoms with van der Waals surface area (Å²) >= 11 is 5.96. The number of carbonyl (C=O) groups is 1. The van der Waals surface area contributed by atoms with Crippen LogP contribution in [0.15, 0.2) is 6.33 Å². The van der Waals surface area contributed by atoms with Crippen molar-refractivity contribution < 1.29 is 4.79 Å². The number of anilines is 2. The minimum absolute atomic E-state index is 0.192. The molecule has 0 saturated heterocycles. The van der Waals surface area contributed by atoms with Gasteiger partial charge in [0.15, 0.2) is 11.0 Å². The first-order valence-corrected chi connectivity index (χ1v) is 7.30. The highest BCUT2D eigenvalue weighted by Gasteiger charge is 2.24. The van der Waals surface area contributed by atoms with Crippen LogP contribution < -0.4 is 16.0 Å². The van der Waals surface area contributed by atoms with Crippen LogP contribution in [0.2, 0.25) is 5.15 Å². The van der Waals surface area contributed by atoms with Crippen molar-refractivity contribution in [2.75, 3.05) is 30.8 Å². The third kappa shape index (κ3) is 3.72. The Labute approximate surface area is 123 Å². The molecule has 1 aromatic rings. The minimum Gasteiger partial charge on any atom is -0.383 e. The first kappa shape index (κ1) is 14.8. The van der Waals surface area contributed by atoms with Crippen molar-refractivity contribution in [2.45, 2.75) is 25.7 Å². The molecule has 0 radical (unpaired) electrons. The number of nitrogens with one attached hydrogen (secondary N) is 3. The van der Waals surface area contributed by atoms with Crippen LogP contribution >= 0.6 is 11.6 Å². The van der Waals surface area contributed by atoms with Gasteiger partial charge >= 0.3 is 0 Å². The van der Waals surface area contributed by atoms with Crippen LogP contribution in [-0.2, 0) is 4.79 Å². The van der Waals surface area contributed by atoms with Gasteiger partial charge in [-0.2, -0.15) is 0 Å². The molecule has 2 rings (SSSR count). The van der Waals surface area contributed by atoms with Crippen molar-refractivity contribution in [3.05, 3.63) is 11.5 Å². The fourth-order valence-corrected chi connectivity index (χ4v) is 2.27. The largest absolute Gasteiger partial charge is 0.383 e. The molecule has 0 aromatic carbocycles. The van der Waals surface area contributed by atoms with E-state index in [9.17, 15) is 4.79 Å². The number of hydrogen-bond donors (Lipinski definition) is 3. The highest BCUT2D eigenvalue weighted by atomic mass is 35.5. The summed E-state index contributed by atoms with van der Waals surface area (Å²) in [5.41, 5.74) is 0.688. The van der Waals surface area contributed by atoms with Gasteiger partial charge < -0.3 is 16.0 Å². The molecule has 110 valence electrons. The second kappa shape index (κ2) is 7.28. The van der Waals surface area contributed by atoms with E-state index >= 15 is 0 Å². The van der Waals surface area contributed by atoms with Crippen molar-refractivity contribution >= 4 is 29.0 Å². The SMILES string of the molecule is CNc1c(Cl)ncnc1NCCCNC(=O)C1CCC1. The summed E-state index contributed by atoms with van der Waals surface area (Å²) in [6.45, 7) is 1.39. The van der Waals surface area contributed by atoms with E-state index in [1.54, 1.807) is 7.05 Å². The fourth-order valence-electron chi connectivity index (χ4n) is 2.04. The molecule has 0 aliphatic heterocycles. The Morgan fingerprint density at radius 1 is 1.40 bits per heavy atom. The Kier molecular flexibility index (Phi) is 5.40. The Hall–Kier alpha value is -1.56. The molecule has 1 amide bonds. The lowest BCUT2D eigenvalue weighted by atomic mass is 9.85. The predicted molar refractivity (Wildman–Crippen MR) is 80.0 cm³/mol. The van der Waals surface area contributed by atoms with Crippen molar-refractivity contribution in [1.29, 1.82) is 0 Å². The van der Waals surface area contributed by atoms with E-state index in [0.717, 1.165) is 19.3 Å². The number of nitrogens with zero attached hydrogens (tertiary/aromatic N) is 2. The Bertz CT molecular complexity index is 464. The average molecular weight is 298 g/mol. The quantitative estimate of drug-likeness (QED) is 0.529. The molecule has 1 heterocycles. The van der Waals surface area contributed by atoms with Gasteiger partial charge in [0.2, 0.25) is 5.91 Å². The lowest BCUT2D eigenvalue weighted by Crippen LogP contribution is -2.35. The lowest BCUT2D eigenvalue weighted by molar-refractivity contribution is -0.127. The molecule has 1 fully saturated rings. The maximum absolute atomic E-state index is 11.6. The van der Waals surface area contributed by atoms with Gasteiger partial charge in [0.05, 0.1) is 0 Å². The second-order valence-corrected chi connectivity index (χ2v) is 5.20. The lowest BCUT2D eigenvalue weighted by Gasteiger charge is -2.24. The van der Waals surface area contributed by atoms with E-state index in [1.807, 2.05) is 0 Å². The normalized spacial score (nSPS) is 14.5. The molecule has 20 heavy (non-hydrogen) atoms. The second-order valence-electron chi connectivity index (χ2n) is 4.84. The highest BCUT2D eigenvalue weighted by Crippen LogP contribution is 2.26. The maximum atomic E-state index is 11.6. The van der Waals surface area contributed by atoms with Gasteiger partial charge in [0, 0.05) is 26.1 Å². The van der Waals surface area contributed by atoms with Crippen LogP contribution in [0, 0.1) is 5.92 Å². The van der Waals surface area contributed by atoms with Crippen molar-refractivity contribution in [1.82, 2.24) is 15.3 Å². The summed E-state index contributed by atoms with van der Waals surface area (Å²) in [7, 11) is 1.77. The Morgan fingerprint density at radius 3 is 2.85 bits per heavy atom. The number of rotatable bonds is 7. The third-order valence-electron chi connectivity index (χ3n) is 3.47. The zero-order valence-corrected chi connectivity index (χ0v) is 12.3. The van der Waals surface area contributed by atoms with E-state index in [2.05, 4.69) is 25.9 Å². The molecular formula is C13H20ClN5O. The Morgan fingerprint density at radius 2 is 2.20 bits per heavy atom. The van der Waals surface area contributed by atoms with E-state index in [0.29, 0.717) is 29.7 Å². The van der Waals surface area contributed by atoms with E-state index in [4.69, 9.17) is 11.6 Å². The first-order valence-electron chi connectivity index (χ1n) is 6.92. The number of carbonyl (C=O) groups excluding carboxylic acids is 1. The molecule has 0 unspecified atom stereocenters. The van der Waals surface area contributed by atoms with E-state index in [1.165, 1.54) is 12.7 Å². The van der Waals surface area contributed by atoms with Crippen molar-refractivity contribution in [2.24, 2.45) is 5.92 Å². The molecule has 7 heteroatoms. The van der Waals surface area contributed by atoms with Gasteiger partial charge in [-0.3, -0.25) is 4.79 Å². The van der Waals surface area contributed by atoms with Gasteiger partial charge in [-0.1, -0.05) is 18.0 Å². The number of aromatic nitrogens is 2. The van der Waals surface area contributed by atoms with Crippen LogP contribution in [0.5, 0.6) is 0 Å². The van der Waals surface area contributed by atoms with Gasteiger partial charge in [-0.15, -0.1) is 0 Å². The van der Waals surface area contributed by atoms with Gasteiger partial charge in [0.25, 0.3) is 0 Å². The molecular weight excluding hydrogens is 278 g/mol. The van der Waals surface area contributed by atoms with E-state index < -0.39 is 0 Å². The summed E-state index contributed by atoms with van der Waals surface area (Å²) in [4.78, 5) is 19.7. The standard InChI is InChI=1S/C13H20ClN5O/c1-15-10-11(14)18-8-19-12(10)16-6-3-7-17-13(20)9-4-2-5-9/h8-9,15H,2-7H2,1H3,(H,17,20)(H,16,18,19). The highest BCUT2D eigenvalue weighted by molar-refractivity contribution is 6.32. The molecule has 3 N–H and O–H groups in total. The monoisotopic (exact) mass is 297 g/mol. The van der Waals surface area contributed by atoms with Crippen LogP contribution in [0.4, 0.5) is 11.5 Å². The molecule has 1 aliphatic rings. The number of amides is 1. The van der Waals surface area contributed by atoms with Gasteiger partial charge in [-0.25, -0.2) is 9.97 Å². The van der Waals surface area contributed by atoms with Crippen LogP contribution in [-0.4, -0.2) is 36.0 Å². The molecule has 0 bridgehead atoms. The molecule has 0 spiro atoms. The van der Waals surface area contributed by atoms with Crippen LogP contribution in [0.1, 0.15) is 25.7 Å². The summed E-state index contributed by atoms with van der Waals surface area (Å²) in [5, 5.41) is 9.50. The molecule has 0 atom stereocenters. The maximum Gasteiger partial charge on any atom is 0.223 e. The minimum atomic E-state index is 0.192. The number of halogens is 1. The average Bonchev–Trinajstić information content (AvgIpc) is 2.36. The Balaban J connectivity index is 1.68. The smallest absolute Gasteiger partial charge is 0.223 e. The number of hydrogen-bond acceptors (Lipinski definition) is 5. The van der Waals surface area contributed by atoms with Crippen molar-refractivity contribution in [3.63, 3.8) is 0 Å². The summed E-state index contributed by atoms with van der Waals surface area (Å²) in [6, 6.07) is 0. The predicted octanol–water partition coefficient (Wildman–Crippen LogP) is 1.89. The zero-order chi connectivity index (χ0) is 14.4.